The van der Waals surface area contributed by atoms with E-state index in [9.17, 15) is 15.0 Å². The van der Waals surface area contributed by atoms with Crippen LogP contribution in [-0.2, 0) is 22.5 Å². The van der Waals surface area contributed by atoms with Gasteiger partial charge in [0.2, 0.25) is 0 Å². The Morgan fingerprint density at radius 2 is 1.86 bits per heavy atom. The van der Waals surface area contributed by atoms with Gasteiger partial charge >= 0.3 is 5.97 Å². The molecule has 0 fully saturated rings. The lowest BCUT2D eigenvalue weighted by molar-refractivity contribution is -0.160. The maximum absolute atomic E-state index is 12.5. The summed E-state index contributed by atoms with van der Waals surface area (Å²) in [6.45, 7) is 0.0717. The number of carbonyl (C=O) groups is 1. The molecule has 0 bridgehead atoms. The Kier molecular flexibility index (Phi) is 6.42. The van der Waals surface area contributed by atoms with E-state index in [1.807, 2.05) is 47.4 Å². The SMILES string of the molecule is COC[C@@H](c1ccccc1)N1Cc2ccc(OC)c(OC)c2C[C@@]1(CO)C(=O)O. The van der Waals surface area contributed by atoms with Crippen molar-refractivity contribution in [1.82, 2.24) is 4.90 Å². The first-order valence-corrected chi connectivity index (χ1v) is 9.40. The van der Waals surface area contributed by atoms with Crippen molar-refractivity contribution < 1.29 is 29.2 Å². The minimum Gasteiger partial charge on any atom is -0.493 e. The highest BCUT2D eigenvalue weighted by atomic mass is 16.5. The van der Waals surface area contributed by atoms with E-state index in [0.717, 1.165) is 16.7 Å². The van der Waals surface area contributed by atoms with Gasteiger partial charge in [0.25, 0.3) is 0 Å². The molecular weight excluding hydrogens is 374 g/mol. The second-order valence-electron chi connectivity index (χ2n) is 7.12. The zero-order chi connectivity index (χ0) is 21.0. The van der Waals surface area contributed by atoms with Gasteiger partial charge in [-0.1, -0.05) is 36.4 Å². The summed E-state index contributed by atoms with van der Waals surface area (Å²) in [5.74, 6) is -0.0484. The molecule has 0 aliphatic carbocycles. The van der Waals surface area contributed by atoms with Crippen molar-refractivity contribution in [3.8, 4) is 11.5 Å². The molecular formula is C22H27NO6. The Hall–Kier alpha value is -2.61. The van der Waals surface area contributed by atoms with Crippen LogP contribution in [0.15, 0.2) is 42.5 Å². The van der Waals surface area contributed by atoms with Gasteiger partial charge in [0, 0.05) is 25.6 Å². The van der Waals surface area contributed by atoms with Gasteiger partial charge in [0.05, 0.1) is 33.5 Å². The number of carboxylic acid groups (broad SMARTS) is 1. The topological polar surface area (TPSA) is 88.5 Å². The molecule has 1 heterocycles. The maximum atomic E-state index is 12.5. The molecule has 1 aliphatic rings. The van der Waals surface area contributed by atoms with Gasteiger partial charge in [-0.2, -0.15) is 0 Å². The Morgan fingerprint density at radius 1 is 1.14 bits per heavy atom. The number of aliphatic carboxylic acids is 1. The zero-order valence-electron chi connectivity index (χ0n) is 16.9. The van der Waals surface area contributed by atoms with E-state index in [4.69, 9.17) is 14.2 Å². The summed E-state index contributed by atoms with van der Waals surface area (Å²) in [5.41, 5.74) is 1.08. The third-order valence-electron chi connectivity index (χ3n) is 5.65. The summed E-state index contributed by atoms with van der Waals surface area (Å²) < 4.78 is 16.4. The minimum atomic E-state index is -1.52. The molecule has 2 aromatic rings. The van der Waals surface area contributed by atoms with E-state index >= 15 is 0 Å². The lowest BCUT2D eigenvalue weighted by Gasteiger charge is -2.47. The van der Waals surface area contributed by atoms with Crippen LogP contribution in [0.2, 0.25) is 0 Å². The van der Waals surface area contributed by atoms with E-state index in [2.05, 4.69) is 0 Å². The minimum absolute atomic E-state index is 0.0849. The number of ether oxygens (including phenoxy) is 3. The number of hydrogen-bond donors (Lipinski definition) is 2. The molecule has 1 aliphatic heterocycles. The van der Waals surface area contributed by atoms with Crippen molar-refractivity contribution in [1.29, 1.82) is 0 Å². The molecule has 0 saturated carbocycles. The van der Waals surface area contributed by atoms with Gasteiger partial charge in [-0.3, -0.25) is 9.69 Å². The second kappa shape index (κ2) is 8.82. The molecule has 0 unspecified atom stereocenters. The molecule has 2 N–H and O–H groups in total. The molecule has 0 spiro atoms. The normalized spacial score (nSPS) is 20.0. The quantitative estimate of drug-likeness (QED) is 0.701. The van der Waals surface area contributed by atoms with E-state index in [-0.39, 0.29) is 12.5 Å². The average Bonchev–Trinajstić information content (AvgIpc) is 2.76. The van der Waals surface area contributed by atoms with Crippen LogP contribution >= 0.6 is 0 Å². The van der Waals surface area contributed by atoms with E-state index in [0.29, 0.717) is 24.7 Å². The fourth-order valence-corrected chi connectivity index (χ4v) is 4.12. The Bertz CT molecular complexity index is 856. The first kappa shape index (κ1) is 21.1. The number of aliphatic hydroxyl groups is 1. The Morgan fingerprint density at radius 3 is 2.41 bits per heavy atom. The van der Waals surface area contributed by atoms with Crippen molar-refractivity contribution in [3.05, 3.63) is 59.2 Å². The number of fused-ring (bicyclic) bond motifs is 1. The Balaban J connectivity index is 2.17. The highest BCUT2D eigenvalue weighted by molar-refractivity contribution is 5.81. The Labute approximate surface area is 170 Å². The molecule has 7 heteroatoms. The van der Waals surface area contributed by atoms with Gasteiger partial charge in [-0.05, 0) is 17.2 Å². The fraction of sp³-hybridized carbons (Fsp3) is 0.409. The number of nitrogens with zero attached hydrogens (tertiary/aromatic N) is 1. The van der Waals surface area contributed by atoms with Crippen LogP contribution in [0, 0.1) is 0 Å². The average molecular weight is 401 g/mol. The van der Waals surface area contributed by atoms with Crippen LogP contribution in [0.3, 0.4) is 0 Å². The molecule has 0 aromatic heterocycles. The standard InChI is InChI=1S/C22H27NO6/c1-27-13-18(15-7-5-4-6-8-15)23-12-16-9-10-19(28-2)20(29-3)17(16)11-22(23,14-24)21(25)26/h4-10,18,24H,11-14H2,1-3H3,(H,25,26)/t18-,22+/m0/s1. The summed E-state index contributed by atoms with van der Waals surface area (Å²) in [6.07, 6.45) is 0.0849. The molecule has 2 atom stereocenters. The number of aliphatic hydroxyl groups excluding tert-OH is 1. The predicted octanol–water partition coefficient (Wildman–Crippen LogP) is 2.27. The molecule has 7 nitrogen and oxygen atoms in total. The van der Waals surface area contributed by atoms with Crippen LogP contribution in [-0.4, -0.2) is 61.2 Å². The number of carboxylic acids is 1. The van der Waals surface area contributed by atoms with Crippen molar-refractivity contribution >= 4 is 5.97 Å². The van der Waals surface area contributed by atoms with E-state index in [1.165, 1.54) is 7.11 Å². The summed E-state index contributed by atoms with van der Waals surface area (Å²) in [5, 5.41) is 20.6. The van der Waals surface area contributed by atoms with E-state index in [1.54, 1.807) is 14.2 Å². The lowest BCUT2D eigenvalue weighted by atomic mass is 9.80. The van der Waals surface area contributed by atoms with Crippen molar-refractivity contribution in [2.45, 2.75) is 24.5 Å². The van der Waals surface area contributed by atoms with Crippen molar-refractivity contribution in [2.75, 3.05) is 34.5 Å². The first-order valence-electron chi connectivity index (χ1n) is 9.40. The van der Waals surface area contributed by atoms with Gasteiger partial charge in [0.15, 0.2) is 11.5 Å². The van der Waals surface area contributed by atoms with Gasteiger partial charge in [0.1, 0.15) is 5.54 Å². The summed E-state index contributed by atoms with van der Waals surface area (Å²) >= 11 is 0. The van der Waals surface area contributed by atoms with Crippen LogP contribution in [0.1, 0.15) is 22.7 Å². The number of rotatable bonds is 8. The lowest BCUT2D eigenvalue weighted by Crippen LogP contribution is -2.62. The fourth-order valence-electron chi connectivity index (χ4n) is 4.12. The van der Waals surface area contributed by atoms with E-state index < -0.39 is 18.1 Å². The maximum Gasteiger partial charge on any atom is 0.326 e. The van der Waals surface area contributed by atoms with Crippen LogP contribution in [0.5, 0.6) is 11.5 Å². The zero-order valence-corrected chi connectivity index (χ0v) is 16.9. The first-order chi connectivity index (χ1) is 14.0. The molecule has 156 valence electrons. The molecule has 0 amide bonds. The molecule has 0 radical (unpaired) electrons. The van der Waals surface area contributed by atoms with Gasteiger partial charge < -0.3 is 24.4 Å². The third kappa shape index (κ3) is 3.69. The van der Waals surface area contributed by atoms with Crippen molar-refractivity contribution in [3.63, 3.8) is 0 Å². The number of benzene rings is 2. The van der Waals surface area contributed by atoms with Gasteiger partial charge in [-0.15, -0.1) is 0 Å². The second-order valence-corrected chi connectivity index (χ2v) is 7.12. The van der Waals surface area contributed by atoms with Gasteiger partial charge in [-0.25, -0.2) is 0 Å². The number of hydrogen-bond acceptors (Lipinski definition) is 6. The summed E-state index contributed by atoms with van der Waals surface area (Å²) in [7, 11) is 4.66. The molecule has 3 rings (SSSR count). The molecule has 0 saturated heterocycles. The summed E-state index contributed by atoms with van der Waals surface area (Å²) in [4.78, 5) is 14.3. The molecule has 29 heavy (non-hydrogen) atoms. The van der Waals surface area contributed by atoms with Crippen LogP contribution in [0.25, 0.3) is 0 Å². The monoisotopic (exact) mass is 401 g/mol. The summed E-state index contributed by atoms with van der Waals surface area (Å²) in [6, 6.07) is 13.0. The highest BCUT2D eigenvalue weighted by Gasteiger charge is 2.51. The highest BCUT2D eigenvalue weighted by Crippen LogP contribution is 2.44. The molecule has 2 aromatic carbocycles. The predicted molar refractivity (Wildman–Crippen MR) is 107 cm³/mol. The third-order valence-corrected chi connectivity index (χ3v) is 5.65. The van der Waals surface area contributed by atoms with Crippen LogP contribution < -0.4 is 9.47 Å². The number of methoxy groups -OCH3 is 3. The van der Waals surface area contributed by atoms with Crippen LogP contribution in [0.4, 0.5) is 0 Å². The van der Waals surface area contributed by atoms with Crippen molar-refractivity contribution in [2.24, 2.45) is 0 Å². The smallest absolute Gasteiger partial charge is 0.326 e. The largest absolute Gasteiger partial charge is 0.493 e.